The summed E-state index contributed by atoms with van der Waals surface area (Å²) in [5.74, 6) is 4.78. The number of nitrogens with zero attached hydrogens (tertiary/aromatic N) is 3. The van der Waals surface area contributed by atoms with Crippen molar-refractivity contribution in [1.82, 2.24) is 15.0 Å². The van der Waals surface area contributed by atoms with E-state index in [-0.39, 0.29) is 5.41 Å². The molecule has 0 saturated heterocycles. The zero-order chi connectivity index (χ0) is 51.0. The monoisotopic (exact) mass is 999 g/mol. The summed E-state index contributed by atoms with van der Waals surface area (Å²) in [5, 5.41) is 5.83. The van der Waals surface area contributed by atoms with Gasteiger partial charge in [-0.15, -0.1) is 0 Å². The summed E-state index contributed by atoms with van der Waals surface area (Å²) in [6.07, 6.45) is 6.54. The maximum Gasteiger partial charge on any atom is 0.164 e. The van der Waals surface area contributed by atoms with Crippen molar-refractivity contribution in [3.63, 3.8) is 0 Å². The zero-order valence-electron chi connectivity index (χ0n) is 43.0. The lowest BCUT2D eigenvalue weighted by molar-refractivity contribution is -0.0418. The zero-order valence-corrected chi connectivity index (χ0v) is 43.9. The number of benzene rings is 10. The molecular formula is C71H58N3OP. The molecule has 0 N–H and O–H groups in total. The molecule has 10 aromatic carbocycles. The van der Waals surface area contributed by atoms with E-state index < -0.39 is 7.14 Å². The van der Waals surface area contributed by atoms with Crippen LogP contribution in [0, 0.1) is 23.7 Å². The molecule has 76 heavy (non-hydrogen) atoms. The maximum atomic E-state index is 13.0. The van der Waals surface area contributed by atoms with Gasteiger partial charge in [-0.2, -0.15) is 0 Å². The first-order chi connectivity index (χ1) is 37.2. The SMILES string of the molecule is CP(C)(=O)c1ccc(-c2c3ccccc3c(-c3ccc(C4(c5ccc(-c6nc(-c7ccc(-c8ccccc8)cc7)nc(-c7ccc(-c8ccccc8)cc7)n6)cc5)C5CC6CC(C5)CC4C6)cc3)c3ccccc23)cc1. The molecule has 4 bridgehead atoms. The summed E-state index contributed by atoms with van der Waals surface area (Å²) in [4.78, 5) is 15.6. The first-order valence-electron chi connectivity index (χ1n) is 27.1. The van der Waals surface area contributed by atoms with Gasteiger partial charge in [-0.1, -0.05) is 231 Å². The van der Waals surface area contributed by atoms with E-state index in [9.17, 15) is 4.57 Å². The fourth-order valence-electron chi connectivity index (χ4n) is 14.2. The van der Waals surface area contributed by atoms with Gasteiger partial charge >= 0.3 is 0 Å². The van der Waals surface area contributed by atoms with E-state index in [4.69, 9.17) is 15.0 Å². The molecular weight excluding hydrogens is 942 g/mol. The van der Waals surface area contributed by atoms with Gasteiger partial charge in [0.2, 0.25) is 0 Å². The van der Waals surface area contributed by atoms with Gasteiger partial charge in [0.1, 0.15) is 7.14 Å². The van der Waals surface area contributed by atoms with E-state index in [0.29, 0.717) is 29.3 Å². The van der Waals surface area contributed by atoms with Crippen molar-refractivity contribution in [3.05, 3.63) is 242 Å². The number of aromatic nitrogens is 3. The normalized spacial score (nSPS) is 19.8. The van der Waals surface area contributed by atoms with Crippen LogP contribution in [-0.2, 0) is 9.98 Å². The largest absolute Gasteiger partial charge is 0.319 e. The molecule has 1 aromatic heterocycles. The number of hydrogen-bond donors (Lipinski definition) is 0. The summed E-state index contributed by atoms with van der Waals surface area (Å²) in [5.41, 5.74) is 15.2. The Hall–Kier alpha value is -8.04. The van der Waals surface area contributed by atoms with Crippen molar-refractivity contribution in [3.8, 4) is 78.7 Å². The van der Waals surface area contributed by atoms with Crippen molar-refractivity contribution in [2.24, 2.45) is 23.7 Å². The van der Waals surface area contributed by atoms with Crippen LogP contribution in [0.15, 0.2) is 231 Å². The molecule has 0 unspecified atom stereocenters. The standard InChI is InChI=1S/C71H58N3OP/c1-76(2,75)61-39-33-53(34-40-61)67-64-19-11-9-17-62(64)66(63-18-10-12-20-65(63)67)52-29-35-57(36-30-52)71(59-42-46-41-47(44-59)45-60(71)43-46)58-37-31-56(32-38-58)70-73-68(54-25-21-50(22-26-54)48-13-5-3-6-14-48)72-69(74-70)55-27-23-51(24-28-55)49-15-7-4-8-16-49/h3-40,46-47,59-60H,41-45H2,1-2H3. The van der Waals surface area contributed by atoms with Crippen LogP contribution < -0.4 is 5.30 Å². The average Bonchev–Trinajstić information content (AvgIpc) is 3.49. The molecule has 4 fully saturated rings. The lowest BCUT2D eigenvalue weighted by atomic mass is 9.42. The van der Waals surface area contributed by atoms with Crippen LogP contribution in [0.4, 0.5) is 0 Å². The van der Waals surface area contributed by atoms with Gasteiger partial charge in [-0.05, 0) is 146 Å². The summed E-state index contributed by atoms with van der Waals surface area (Å²) in [7, 11) is -2.38. The highest BCUT2D eigenvalue weighted by Gasteiger charge is 2.58. The van der Waals surface area contributed by atoms with Crippen LogP contribution in [0.25, 0.3) is 100 Å². The Balaban J connectivity index is 0.857. The second kappa shape index (κ2) is 18.7. The topological polar surface area (TPSA) is 55.7 Å². The lowest BCUT2D eigenvalue weighted by Gasteiger charge is -2.62. The Kier molecular flexibility index (Phi) is 11.4. The lowest BCUT2D eigenvalue weighted by Crippen LogP contribution is -2.56. The molecule has 0 aliphatic heterocycles. The van der Waals surface area contributed by atoms with E-state index in [1.165, 1.54) is 92.6 Å². The maximum absolute atomic E-state index is 13.0. The van der Waals surface area contributed by atoms with E-state index in [2.05, 4.69) is 231 Å². The molecule has 5 heteroatoms. The minimum atomic E-state index is -2.38. The quantitative estimate of drug-likeness (QED) is 0.101. The fraction of sp³-hybridized carbons (Fsp3) is 0.169. The molecule has 1 heterocycles. The van der Waals surface area contributed by atoms with Crippen molar-refractivity contribution in [2.75, 3.05) is 13.3 Å². The number of rotatable bonds is 10. The highest BCUT2D eigenvalue weighted by atomic mass is 31.2. The van der Waals surface area contributed by atoms with Gasteiger partial charge in [0.05, 0.1) is 0 Å². The highest BCUT2D eigenvalue weighted by molar-refractivity contribution is 7.70. The third-order valence-corrected chi connectivity index (χ3v) is 19.1. The summed E-state index contributed by atoms with van der Waals surface area (Å²) < 4.78 is 13.0. The Morgan fingerprint density at radius 3 is 0.974 bits per heavy atom. The van der Waals surface area contributed by atoms with Crippen molar-refractivity contribution in [2.45, 2.75) is 37.5 Å². The predicted molar refractivity (Wildman–Crippen MR) is 316 cm³/mol. The van der Waals surface area contributed by atoms with Gasteiger partial charge in [-0.3, -0.25) is 0 Å². The van der Waals surface area contributed by atoms with Crippen LogP contribution >= 0.6 is 7.14 Å². The van der Waals surface area contributed by atoms with Gasteiger partial charge in [0.25, 0.3) is 0 Å². The molecule has 4 nitrogen and oxygen atoms in total. The average molecular weight is 1000 g/mol. The Morgan fingerprint density at radius 1 is 0.329 bits per heavy atom. The van der Waals surface area contributed by atoms with Crippen molar-refractivity contribution in [1.29, 1.82) is 0 Å². The first kappa shape index (κ1) is 46.5. The number of fused-ring (bicyclic) bond motifs is 2. The first-order valence-corrected chi connectivity index (χ1v) is 29.7. The van der Waals surface area contributed by atoms with Crippen molar-refractivity contribution >= 4 is 34.0 Å². The van der Waals surface area contributed by atoms with Crippen LogP contribution in [-0.4, -0.2) is 28.3 Å². The second-order valence-corrected chi connectivity index (χ2v) is 25.5. The van der Waals surface area contributed by atoms with Gasteiger partial charge < -0.3 is 4.57 Å². The van der Waals surface area contributed by atoms with Gasteiger partial charge in [0, 0.05) is 27.4 Å². The molecule has 4 saturated carbocycles. The van der Waals surface area contributed by atoms with E-state index in [1.54, 1.807) is 0 Å². The highest BCUT2D eigenvalue weighted by Crippen LogP contribution is 2.65. The molecule has 15 rings (SSSR count). The fourth-order valence-corrected chi connectivity index (χ4v) is 15.1. The summed E-state index contributed by atoms with van der Waals surface area (Å²) in [6, 6.07) is 83.6. The molecule has 0 spiro atoms. The minimum absolute atomic E-state index is 0.0952. The minimum Gasteiger partial charge on any atom is -0.319 e. The van der Waals surface area contributed by atoms with Crippen LogP contribution in [0.2, 0.25) is 0 Å². The smallest absolute Gasteiger partial charge is 0.164 e. The van der Waals surface area contributed by atoms with Crippen LogP contribution in [0.1, 0.15) is 43.2 Å². The molecule has 368 valence electrons. The molecule has 4 aliphatic carbocycles. The molecule has 11 aromatic rings. The van der Waals surface area contributed by atoms with Gasteiger partial charge in [0.15, 0.2) is 17.5 Å². The van der Waals surface area contributed by atoms with Crippen LogP contribution in [0.5, 0.6) is 0 Å². The molecule has 0 atom stereocenters. The number of hydrogen-bond acceptors (Lipinski definition) is 4. The third-order valence-electron chi connectivity index (χ3n) is 17.5. The Morgan fingerprint density at radius 2 is 0.618 bits per heavy atom. The third kappa shape index (κ3) is 8.05. The summed E-state index contributed by atoms with van der Waals surface area (Å²) in [6.45, 7) is 3.69. The summed E-state index contributed by atoms with van der Waals surface area (Å²) >= 11 is 0. The Bertz CT molecular complexity index is 3810. The van der Waals surface area contributed by atoms with E-state index in [0.717, 1.165) is 50.5 Å². The van der Waals surface area contributed by atoms with Crippen LogP contribution in [0.3, 0.4) is 0 Å². The molecule has 4 aliphatic rings. The molecule has 0 amide bonds. The Labute approximate surface area is 446 Å². The van der Waals surface area contributed by atoms with E-state index >= 15 is 0 Å². The van der Waals surface area contributed by atoms with E-state index in [1.807, 2.05) is 13.3 Å². The van der Waals surface area contributed by atoms with Crippen molar-refractivity contribution < 1.29 is 4.57 Å². The second-order valence-electron chi connectivity index (χ2n) is 22.3. The predicted octanol–water partition coefficient (Wildman–Crippen LogP) is 17.8. The van der Waals surface area contributed by atoms with Gasteiger partial charge in [-0.25, -0.2) is 15.0 Å². The molecule has 0 radical (unpaired) electrons.